The van der Waals surface area contributed by atoms with Crippen LogP contribution in [0.4, 0.5) is 0 Å². The zero-order valence-electron chi connectivity index (χ0n) is 18.9. The Labute approximate surface area is 195 Å². The summed E-state index contributed by atoms with van der Waals surface area (Å²) in [4.78, 5) is 26.7. The first-order chi connectivity index (χ1) is 15.9. The highest BCUT2D eigenvalue weighted by atomic mass is 32.2. The van der Waals surface area contributed by atoms with Gasteiger partial charge < -0.3 is 19.1 Å². The molecule has 0 radical (unpaired) electrons. The van der Waals surface area contributed by atoms with Gasteiger partial charge in [0.1, 0.15) is 0 Å². The smallest absolute Gasteiger partial charge is 0.309 e. The molecule has 33 heavy (non-hydrogen) atoms. The van der Waals surface area contributed by atoms with Gasteiger partial charge in [0, 0.05) is 38.7 Å². The predicted molar refractivity (Wildman–Crippen MR) is 120 cm³/mol. The van der Waals surface area contributed by atoms with E-state index in [0.717, 1.165) is 32.1 Å². The second-order valence-electron chi connectivity index (χ2n) is 8.74. The summed E-state index contributed by atoms with van der Waals surface area (Å²) in [6.45, 7) is 2.64. The molecule has 0 spiro atoms. The molecule has 0 aliphatic carbocycles. The van der Waals surface area contributed by atoms with Crippen LogP contribution in [-0.2, 0) is 24.3 Å². The molecular weight excluding hydrogens is 448 g/mol. The molecule has 0 bridgehead atoms. The third kappa shape index (κ3) is 5.78. The molecule has 0 saturated carbocycles. The van der Waals surface area contributed by atoms with Crippen molar-refractivity contribution in [2.24, 2.45) is 5.92 Å². The molecule has 3 aliphatic rings. The van der Waals surface area contributed by atoms with Crippen LogP contribution in [0.15, 0.2) is 23.1 Å². The molecule has 1 amide bonds. The van der Waals surface area contributed by atoms with Crippen LogP contribution in [0, 0.1) is 5.92 Å². The molecular formula is C23H32N2O7S. The average Bonchev–Trinajstić information content (AvgIpc) is 3.25. The number of esters is 1. The van der Waals surface area contributed by atoms with Crippen molar-refractivity contribution in [1.29, 1.82) is 0 Å². The zero-order valence-corrected chi connectivity index (χ0v) is 19.7. The molecule has 3 aliphatic heterocycles. The molecule has 0 unspecified atom stereocenters. The van der Waals surface area contributed by atoms with Gasteiger partial charge in [-0.3, -0.25) is 9.59 Å². The minimum Gasteiger partial charge on any atom is -0.490 e. The molecule has 3 heterocycles. The van der Waals surface area contributed by atoms with Gasteiger partial charge in [-0.05, 0) is 37.8 Å². The molecule has 9 nitrogen and oxygen atoms in total. The van der Waals surface area contributed by atoms with E-state index in [1.807, 2.05) is 0 Å². The number of rotatable bonds is 5. The van der Waals surface area contributed by atoms with Crippen molar-refractivity contribution < 1.29 is 32.2 Å². The first kappa shape index (κ1) is 23.8. The number of hydrogen-bond acceptors (Lipinski definition) is 7. The Morgan fingerprint density at radius 3 is 2.27 bits per heavy atom. The van der Waals surface area contributed by atoms with Crippen molar-refractivity contribution in [3.63, 3.8) is 0 Å². The number of piperidine rings is 1. The third-order valence-corrected chi connectivity index (χ3v) is 8.34. The molecule has 182 valence electrons. The van der Waals surface area contributed by atoms with Crippen molar-refractivity contribution in [3.8, 4) is 11.5 Å². The zero-order chi connectivity index (χ0) is 23.3. The summed E-state index contributed by atoms with van der Waals surface area (Å²) in [6.07, 6.45) is 5.67. The van der Waals surface area contributed by atoms with E-state index >= 15 is 0 Å². The van der Waals surface area contributed by atoms with Crippen LogP contribution in [-0.4, -0.2) is 75.5 Å². The van der Waals surface area contributed by atoms with E-state index in [9.17, 15) is 18.0 Å². The van der Waals surface area contributed by atoms with Crippen LogP contribution in [0.5, 0.6) is 11.5 Å². The quantitative estimate of drug-likeness (QED) is 0.595. The Balaban J connectivity index is 1.29. The lowest BCUT2D eigenvalue weighted by Crippen LogP contribution is -2.41. The van der Waals surface area contributed by atoms with E-state index in [2.05, 4.69) is 0 Å². The summed E-state index contributed by atoms with van der Waals surface area (Å²) in [5, 5.41) is 0. The number of amides is 1. The summed E-state index contributed by atoms with van der Waals surface area (Å²) in [6, 6.07) is 4.65. The second-order valence-corrected chi connectivity index (χ2v) is 10.7. The van der Waals surface area contributed by atoms with Crippen molar-refractivity contribution in [2.75, 3.05) is 46.0 Å². The Kier molecular flexibility index (Phi) is 7.75. The lowest BCUT2D eigenvalue weighted by Gasteiger charge is -2.30. The van der Waals surface area contributed by atoms with Gasteiger partial charge in [0.05, 0.1) is 24.0 Å². The van der Waals surface area contributed by atoms with Gasteiger partial charge >= 0.3 is 5.97 Å². The van der Waals surface area contributed by atoms with Crippen molar-refractivity contribution in [2.45, 2.75) is 49.8 Å². The fourth-order valence-electron chi connectivity index (χ4n) is 4.45. The number of ether oxygens (including phenoxy) is 3. The molecule has 4 rings (SSSR count). The van der Waals surface area contributed by atoms with E-state index in [4.69, 9.17) is 14.2 Å². The Hall–Kier alpha value is -2.33. The highest BCUT2D eigenvalue weighted by Gasteiger charge is 2.34. The minimum atomic E-state index is -3.72. The summed E-state index contributed by atoms with van der Waals surface area (Å²) in [5.74, 6) is -0.00799. The van der Waals surface area contributed by atoms with Crippen molar-refractivity contribution in [1.82, 2.24) is 9.21 Å². The average molecular weight is 481 g/mol. The van der Waals surface area contributed by atoms with Gasteiger partial charge in [-0.2, -0.15) is 4.31 Å². The lowest BCUT2D eigenvalue weighted by molar-refractivity contribution is -0.156. The number of nitrogens with zero attached hydrogens (tertiary/aromatic N) is 2. The fourth-order valence-corrected chi connectivity index (χ4v) is 5.93. The van der Waals surface area contributed by atoms with Gasteiger partial charge in [-0.15, -0.1) is 0 Å². The van der Waals surface area contributed by atoms with E-state index in [-0.39, 0.29) is 30.5 Å². The number of likely N-dealkylation sites (tertiary alicyclic amines) is 1. The largest absolute Gasteiger partial charge is 0.490 e. The summed E-state index contributed by atoms with van der Waals surface area (Å²) in [7, 11) is -3.72. The van der Waals surface area contributed by atoms with E-state index in [1.165, 1.54) is 16.4 Å². The Bertz CT molecular complexity index is 950. The van der Waals surface area contributed by atoms with E-state index < -0.39 is 21.9 Å². The topological polar surface area (TPSA) is 102 Å². The standard InChI is InChI=1S/C23H32N2O7S/c26-22(24-10-3-1-2-4-11-24)17-32-23(27)18-8-12-25(13-9-18)33(28,29)19-6-7-20-21(16-19)31-15-5-14-30-20/h6-7,16,18H,1-5,8-15,17H2. The van der Waals surface area contributed by atoms with Crippen LogP contribution in [0.2, 0.25) is 0 Å². The number of benzene rings is 1. The van der Waals surface area contributed by atoms with Crippen LogP contribution >= 0.6 is 0 Å². The maximum Gasteiger partial charge on any atom is 0.309 e. The predicted octanol–water partition coefficient (Wildman–Crippen LogP) is 2.19. The Morgan fingerprint density at radius 1 is 0.909 bits per heavy atom. The maximum atomic E-state index is 13.1. The first-order valence-electron chi connectivity index (χ1n) is 11.8. The minimum absolute atomic E-state index is 0.149. The van der Waals surface area contributed by atoms with Gasteiger partial charge in [-0.25, -0.2) is 8.42 Å². The molecule has 2 fully saturated rings. The number of sulfonamides is 1. The van der Waals surface area contributed by atoms with E-state index in [1.54, 1.807) is 11.0 Å². The number of carbonyl (C=O) groups is 2. The normalized spacial score (nSPS) is 20.5. The van der Waals surface area contributed by atoms with Gasteiger partial charge in [-0.1, -0.05) is 12.8 Å². The summed E-state index contributed by atoms with van der Waals surface area (Å²) in [5.41, 5.74) is 0. The SMILES string of the molecule is O=C(OCC(=O)N1CCCCCC1)C1CCN(S(=O)(=O)c2ccc3c(c2)OCCCO3)CC1. The van der Waals surface area contributed by atoms with Gasteiger partial charge in [0.15, 0.2) is 18.1 Å². The first-order valence-corrected chi connectivity index (χ1v) is 13.2. The molecule has 0 N–H and O–H groups in total. The molecule has 0 atom stereocenters. The lowest BCUT2D eigenvalue weighted by atomic mass is 9.98. The van der Waals surface area contributed by atoms with Crippen LogP contribution in [0.3, 0.4) is 0 Å². The highest BCUT2D eigenvalue weighted by Crippen LogP contribution is 2.34. The fraction of sp³-hybridized carbons (Fsp3) is 0.652. The highest BCUT2D eigenvalue weighted by molar-refractivity contribution is 7.89. The summed E-state index contributed by atoms with van der Waals surface area (Å²) < 4.78 is 44.1. The van der Waals surface area contributed by atoms with Crippen LogP contribution in [0.25, 0.3) is 0 Å². The van der Waals surface area contributed by atoms with Gasteiger partial charge in [0.2, 0.25) is 10.0 Å². The molecule has 1 aromatic rings. The number of fused-ring (bicyclic) bond motifs is 1. The number of hydrogen-bond donors (Lipinski definition) is 0. The number of carbonyl (C=O) groups excluding carboxylic acids is 2. The molecule has 1 aromatic carbocycles. The molecule has 10 heteroatoms. The molecule has 0 aromatic heterocycles. The second kappa shape index (κ2) is 10.7. The van der Waals surface area contributed by atoms with Crippen molar-refractivity contribution in [3.05, 3.63) is 18.2 Å². The van der Waals surface area contributed by atoms with Crippen LogP contribution < -0.4 is 9.47 Å². The van der Waals surface area contributed by atoms with Gasteiger partial charge in [0.25, 0.3) is 5.91 Å². The third-order valence-electron chi connectivity index (χ3n) is 6.44. The van der Waals surface area contributed by atoms with E-state index in [0.29, 0.717) is 50.6 Å². The monoisotopic (exact) mass is 480 g/mol. The molecule has 2 saturated heterocycles. The van der Waals surface area contributed by atoms with Crippen LogP contribution in [0.1, 0.15) is 44.9 Å². The van der Waals surface area contributed by atoms with Crippen molar-refractivity contribution >= 4 is 21.9 Å². The maximum absolute atomic E-state index is 13.1. The summed E-state index contributed by atoms with van der Waals surface area (Å²) >= 11 is 0. The Morgan fingerprint density at radius 2 is 1.58 bits per heavy atom.